The number of carbonyl (C=O) groups excluding carboxylic acids is 1. The van der Waals surface area contributed by atoms with E-state index in [1.54, 1.807) is 7.11 Å². The van der Waals surface area contributed by atoms with Crippen LogP contribution in [0.5, 0.6) is 0 Å². The summed E-state index contributed by atoms with van der Waals surface area (Å²) in [5, 5.41) is 0. The molecule has 16 heavy (non-hydrogen) atoms. The molecule has 0 saturated carbocycles. The van der Waals surface area contributed by atoms with E-state index in [1.807, 2.05) is 18.7 Å². The van der Waals surface area contributed by atoms with Gasteiger partial charge in [0.2, 0.25) is 0 Å². The van der Waals surface area contributed by atoms with Gasteiger partial charge in [-0.05, 0) is 32.6 Å². The van der Waals surface area contributed by atoms with Crippen molar-refractivity contribution >= 4 is 5.91 Å². The summed E-state index contributed by atoms with van der Waals surface area (Å²) >= 11 is 0. The van der Waals surface area contributed by atoms with Crippen LogP contribution in [0.2, 0.25) is 0 Å². The molecule has 4 nitrogen and oxygen atoms in total. The Hall–Kier alpha value is -0.610. The molecular formula is C12H24N2O2. The molecule has 2 atom stereocenters. The third-order valence-electron chi connectivity index (χ3n) is 3.74. The van der Waals surface area contributed by atoms with Crippen molar-refractivity contribution in [3.05, 3.63) is 0 Å². The van der Waals surface area contributed by atoms with E-state index in [4.69, 9.17) is 10.5 Å². The highest BCUT2D eigenvalue weighted by molar-refractivity contribution is 5.85. The molecule has 1 aliphatic rings. The molecule has 4 heteroatoms. The van der Waals surface area contributed by atoms with E-state index < -0.39 is 5.60 Å². The minimum atomic E-state index is -0.690. The van der Waals surface area contributed by atoms with Gasteiger partial charge in [0.15, 0.2) is 0 Å². The molecule has 0 aromatic heterocycles. The van der Waals surface area contributed by atoms with Crippen molar-refractivity contribution in [2.24, 2.45) is 5.73 Å². The Morgan fingerprint density at radius 1 is 1.56 bits per heavy atom. The lowest BCUT2D eigenvalue weighted by atomic mass is 9.96. The normalized spacial score (nSPS) is 25.2. The number of nitrogens with zero attached hydrogens (tertiary/aromatic N) is 1. The number of amides is 1. The molecule has 1 amide bonds. The molecule has 0 aliphatic carbocycles. The van der Waals surface area contributed by atoms with Crippen molar-refractivity contribution in [2.75, 3.05) is 20.2 Å². The van der Waals surface area contributed by atoms with Gasteiger partial charge in [-0.25, -0.2) is 0 Å². The summed E-state index contributed by atoms with van der Waals surface area (Å²) in [7, 11) is 1.60. The predicted octanol–water partition coefficient (Wildman–Crippen LogP) is 1.14. The first-order chi connectivity index (χ1) is 7.59. The SMILES string of the molecule is CCC(C)(OC)C(=O)N1CCCCC1CN. The largest absolute Gasteiger partial charge is 0.369 e. The quantitative estimate of drug-likeness (QED) is 0.785. The third-order valence-corrected chi connectivity index (χ3v) is 3.74. The molecule has 94 valence electrons. The second-order valence-electron chi connectivity index (χ2n) is 4.67. The molecule has 1 rings (SSSR count). The fraction of sp³-hybridized carbons (Fsp3) is 0.917. The van der Waals surface area contributed by atoms with Crippen molar-refractivity contribution in [1.82, 2.24) is 4.90 Å². The predicted molar refractivity (Wildman–Crippen MR) is 64.1 cm³/mol. The van der Waals surface area contributed by atoms with Gasteiger partial charge in [-0.2, -0.15) is 0 Å². The van der Waals surface area contributed by atoms with Crippen LogP contribution in [0, 0.1) is 0 Å². The van der Waals surface area contributed by atoms with Crippen LogP contribution in [-0.2, 0) is 9.53 Å². The van der Waals surface area contributed by atoms with Crippen molar-refractivity contribution in [1.29, 1.82) is 0 Å². The van der Waals surface area contributed by atoms with Gasteiger partial charge in [0, 0.05) is 26.2 Å². The van der Waals surface area contributed by atoms with E-state index in [2.05, 4.69) is 0 Å². The summed E-state index contributed by atoms with van der Waals surface area (Å²) in [5.41, 5.74) is 5.03. The Labute approximate surface area is 98.1 Å². The smallest absolute Gasteiger partial charge is 0.254 e. The lowest BCUT2D eigenvalue weighted by Crippen LogP contribution is -2.55. The van der Waals surface area contributed by atoms with E-state index in [1.165, 1.54) is 6.42 Å². The number of likely N-dealkylation sites (tertiary alicyclic amines) is 1. The lowest BCUT2D eigenvalue weighted by molar-refractivity contribution is -0.157. The lowest BCUT2D eigenvalue weighted by Gasteiger charge is -2.40. The maximum atomic E-state index is 12.4. The van der Waals surface area contributed by atoms with Gasteiger partial charge in [-0.1, -0.05) is 6.92 Å². The highest BCUT2D eigenvalue weighted by atomic mass is 16.5. The van der Waals surface area contributed by atoms with Crippen LogP contribution < -0.4 is 5.73 Å². The standard InChI is InChI=1S/C12H24N2O2/c1-4-12(2,16-3)11(15)14-8-6-5-7-10(14)9-13/h10H,4-9,13H2,1-3H3. The number of nitrogens with two attached hydrogens (primary N) is 1. The monoisotopic (exact) mass is 228 g/mol. The molecule has 1 saturated heterocycles. The summed E-state index contributed by atoms with van der Waals surface area (Å²) in [6, 6.07) is 0.197. The Balaban J connectivity index is 2.77. The molecule has 0 bridgehead atoms. The number of rotatable bonds is 4. The average Bonchev–Trinajstić information content (AvgIpc) is 2.36. The van der Waals surface area contributed by atoms with Crippen LogP contribution in [0.3, 0.4) is 0 Å². The Kier molecular flexibility index (Phi) is 4.74. The van der Waals surface area contributed by atoms with E-state index >= 15 is 0 Å². The van der Waals surface area contributed by atoms with Crippen LogP contribution in [0.15, 0.2) is 0 Å². The van der Waals surface area contributed by atoms with E-state index in [0.717, 1.165) is 19.4 Å². The number of hydrogen-bond donors (Lipinski definition) is 1. The minimum Gasteiger partial charge on any atom is -0.369 e. The molecule has 0 radical (unpaired) electrons. The molecule has 0 spiro atoms. The zero-order valence-electron chi connectivity index (χ0n) is 10.7. The Bertz CT molecular complexity index is 239. The van der Waals surface area contributed by atoms with Crippen LogP contribution in [0.25, 0.3) is 0 Å². The maximum Gasteiger partial charge on any atom is 0.254 e. The van der Waals surface area contributed by atoms with Gasteiger partial charge in [0.05, 0.1) is 0 Å². The first kappa shape index (κ1) is 13.5. The molecule has 0 aromatic rings. The van der Waals surface area contributed by atoms with Crippen LogP contribution in [0.4, 0.5) is 0 Å². The highest BCUT2D eigenvalue weighted by Crippen LogP contribution is 2.24. The fourth-order valence-electron chi connectivity index (χ4n) is 2.20. The van der Waals surface area contributed by atoms with Gasteiger partial charge in [0.1, 0.15) is 5.60 Å². The van der Waals surface area contributed by atoms with Gasteiger partial charge >= 0.3 is 0 Å². The molecular weight excluding hydrogens is 204 g/mol. The first-order valence-corrected chi connectivity index (χ1v) is 6.15. The van der Waals surface area contributed by atoms with Crippen LogP contribution in [-0.4, -0.2) is 42.6 Å². The Morgan fingerprint density at radius 3 is 2.75 bits per heavy atom. The second-order valence-corrected chi connectivity index (χ2v) is 4.67. The molecule has 0 aromatic carbocycles. The number of piperidine rings is 1. The summed E-state index contributed by atoms with van der Waals surface area (Å²) in [6.07, 6.45) is 3.95. The number of ether oxygens (including phenoxy) is 1. The number of carbonyl (C=O) groups is 1. The van der Waals surface area contributed by atoms with Crippen LogP contribution in [0.1, 0.15) is 39.5 Å². The van der Waals surface area contributed by atoms with Gasteiger partial charge in [-0.3, -0.25) is 4.79 Å². The molecule has 1 aliphatic heterocycles. The Morgan fingerprint density at radius 2 is 2.25 bits per heavy atom. The highest BCUT2D eigenvalue weighted by Gasteiger charge is 2.38. The van der Waals surface area contributed by atoms with Crippen molar-refractivity contribution in [2.45, 2.75) is 51.2 Å². The van der Waals surface area contributed by atoms with Crippen LogP contribution >= 0.6 is 0 Å². The minimum absolute atomic E-state index is 0.0904. The number of methoxy groups -OCH3 is 1. The van der Waals surface area contributed by atoms with Gasteiger partial charge < -0.3 is 15.4 Å². The summed E-state index contributed by atoms with van der Waals surface area (Å²) in [6.45, 7) is 5.20. The first-order valence-electron chi connectivity index (χ1n) is 6.15. The fourth-order valence-corrected chi connectivity index (χ4v) is 2.20. The van der Waals surface area contributed by atoms with E-state index in [0.29, 0.717) is 13.0 Å². The second kappa shape index (κ2) is 5.64. The summed E-state index contributed by atoms with van der Waals surface area (Å²) < 4.78 is 5.36. The maximum absolute atomic E-state index is 12.4. The third kappa shape index (κ3) is 2.55. The van der Waals surface area contributed by atoms with Crippen molar-refractivity contribution < 1.29 is 9.53 Å². The van der Waals surface area contributed by atoms with Crippen molar-refractivity contribution in [3.8, 4) is 0 Å². The summed E-state index contributed by atoms with van der Waals surface area (Å²) in [4.78, 5) is 14.3. The average molecular weight is 228 g/mol. The van der Waals surface area contributed by atoms with Gasteiger partial charge in [-0.15, -0.1) is 0 Å². The zero-order chi connectivity index (χ0) is 12.2. The molecule has 1 heterocycles. The van der Waals surface area contributed by atoms with Crippen molar-refractivity contribution in [3.63, 3.8) is 0 Å². The molecule has 1 fully saturated rings. The number of hydrogen-bond acceptors (Lipinski definition) is 3. The molecule has 2 N–H and O–H groups in total. The van der Waals surface area contributed by atoms with E-state index in [9.17, 15) is 4.79 Å². The zero-order valence-corrected chi connectivity index (χ0v) is 10.7. The van der Waals surface area contributed by atoms with E-state index in [-0.39, 0.29) is 11.9 Å². The summed E-state index contributed by atoms with van der Waals surface area (Å²) in [5.74, 6) is 0.0904. The topological polar surface area (TPSA) is 55.6 Å². The molecule has 2 unspecified atom stereocenters. The van der Waals surface area contributed by atoms with Gasteiger partial charge in [0.25, 0.3) is 5.91 Å².